The van der Waals surface area contributed by atoms with Crippen molar-refractivity contribution in [2.75, 3.05) is 0 Å². The van der Waals surface area contributed by atoms with Gasteiger partial charge in [-0.25, -0.2) is 5.48 Å². The Morgan fingerprint density at radius 3 is 2.71 bits per heavy atom. The van der Waals surface area contributed by atoms with Crippen LogP contribution < -0.4 is 5.48 Å². The Morgan fingerprint density at radius 2 is 2.21 bits per heavy atom. The molecule has 1 rings (SSSR count). The maximum atomic E-state index is 11.6. The number of nitrogens with one attached hydrogen (secondary N) is 1. The summed E-state index contributed by atoms with van der Waals surface area (Å²) in [5.74, 6) is 0. The zero-order valence-corrected chi connectivity index (χ0v) is 7.52. The molecular formula is C7H5F3N2OS. The molecule has 0 saturated carbocycles. The molecular weight excluding hydrogens is 217 g/mol. The molecule has 3 nitrogen and oxygen atoms in total. The second-order valence-electron chi connectivity index (χ2n) is 2.22. The van der Waals surface area contributed by atoms with E-state index in [1.165, 1.54) is 18.5 Å². The van der Waals surface area contributed by atoms with Crippen LogP contribution in [0.4, 0.5) is 13.2 Å². The van der Waals surface area contributed by atoms with E-state index in [-0.39, 0.29) is 4.99 Å². The number of nitrogens with zero attached hydrogens (tertiary/aromatic N) is 1. The van der Waals surface area contributed by atoms with Gasteiger partial charge in [-0.3, -0.25) is 4.98 Å². The normalized spacial score (nSPS) is 11.1. The highest BCUT2D eigenvalue weighted by Crippen LogP contribution is 2.14. The molecule has 0 bridgehead atoms. The molecule has 0 aliphatic heterocycles. The largest absolute Gasteiger partial charge is 0.543 e. The van der Waals surface area contributed by atoms with Crippen molar-refractivity contribution in [2.24, 2.45) is 0 Å². The number of alkyl halides is 3. The van der Waals surface area contributed by atoms with Gasteiger partial charge in [0.15, 0.2) is 0 Å². The predicted octanol–water partition coefficient (Wildman–Crippen LogP) is 1.80. The van der Waals surface area contributed by atoms with Gasteiger partial charge in [-0.1, -0.05) is 12.2 Å². The lowest BCUT2D eigenvalue weighted by Crippen LogP contribution is -2.30. The first kappa shape index (κ1) is 10.9. The standard InChI is InChI=1S/C7H5F3N2OS/c8-7(9,10)13-12-6(14)5-2-1-3-11-4-5/h1-4H,(H,12,14). The van der Waals surface area contributed by atoms with E-state index >= 15 is 0 Å². The lowest BCUT2D eigenvalue weighted by molar-refractivity contribution is -0.341. The molecule has 1 aromatic rings. The Bertz CT molecular complexity index is 314. The highest BCUT2D eigenvalue weighted by molar-refractivity contribution is 7.80. The van der Waals surface area contributed by atoms with E-state index in [0.29, 0.717) is 5.56 Å². The third kappa shape index (κ3) is 3.67. The van der Waals surface area contributed by atoms with E-state index in [2.05, 4.69) is 22.0 Å². The summed E-state index contributed by atoms with van der Waals surface area (Å²) in [7, 11) is 0. The van der Waals surface area contributed by atoms with Crippen molar-refractivity contribution in [3.63, 3.8) is 0 Å². The van der Waals surface area contributed by atoms with Crippen molar-refractivity contribution in [1.82, 2.24) is 10.5 Å². The molecule has 1 aromatic heterocycles. The zero-order valence-electron chi connectivity index (χ0n) is 6.71. The van der Waals surface area contributed by atoms with E-state index in [1.54, 1.807) is 11.5 Å². The van der Waals surface area contributed by atoms with Gasteiger partial charge in [0, 0.05) is 18.0 Å². The van der Waals surface area contributed by atoms with Crippen LogP contribution in [-0.2, 0) is 4.84 Å². The van der Waals surface area contributed by atoms with E-state index < -0.39 is 6.36 Å². The van der Waals surface area contributed by atoms with Gasteiger partial charge in [0.05, 0.1) is 0 Å². The Kier molecular flexibility index (Phi) is 3.37. The van der Waals surface area contributed by atoms with Gasteiger partial charge in [-0.05, 0) is 12.1 Å². The van der Waals surface area contributed by atoms with Crippen molar-refractivity contribution in [1.29, 1.82) is 0 Å². The molecule has 0 aromatic carbocycles. The summed E-state index contributed by atoms with van der Waals surface area (Å²) in [6.07, 6.45) is -1.95. The SMILES string of the molecule is FC(F)(F)ONC(=S)c1cccnc1. The van der Waals surface area contributed by atoms with Gasteiger partial charge in [-0.15, -0.1) is 13.2 Å². The first-order chi connectivity index (χ1) is 6.49. The minimum Gasteiger partial charge on any atom is -0.264 e. The Balaban J connectivity index is 2.52. The smallest absolute Gasteiger partial charge is 0.264 e. The van der Waals surface area contributed by atoms with Gasteiger partial charge in [-0.2, -0.15) is 4.84 Å². The zero-order chi connectivity index (χ0) is 10.6. The number of hydrogen-bond donors (Lipinski definition) is 1. The van der Waals surface area contributed by atoms with Crippen LogP contribution in [0.3, 0.4) is 0 Å². The number of aromatic nitrogens is 1. The third-order valence-electron chi connectivity index (χ3n) is 1.18. The van der Waals surface area contributed by atoms with Crippen LogP contribution in [0.2, 0.25) is 0 Å². The molecule has 0 atom stereocenters. The van der Waals surface area contributed by atoms with Crippen LogP contribution in [0, 0.1) is 0 Å². The van der Waals surface area contributed by atoms with Crippen LogP contribution >= 0.6 is 12.2 Å². The van der Waals surface area contributed by atoms with E-state index in [9.17, 15) is 13.2 Å². The molecule has 0 unspecified atom stereocenters. The van der Waals surface area contributed by atoms with Gasteiger partial charge in [0.1, 0.15) is 4.99 Å². The molecule has 0 radical (unpaired) electrons. The lowest BCUT2D eigenvalue weighted by Gasteiger charge is -2.09. The minimum absolute atomic E-state index is 0.171. The maximum Gasteiger partial charge on any atom is 0.543 e. The molecule has 1 heterocycles. The molecule has 0 aliphatic carbocycles. The van der Waals surface area contributed by atoms with E-state index in [0.717, 1.165) is 0 Å². The third-order valence-corrected chi connectivity index (χ3v) is 1.50. The van der Waals surface area contributed by atoms with Crippen molar-refractivity contribution in [3.05, 3.63) is 30.1 Å². The minimum atomic E-state index is -4.76. The second kappa shape index (κ2) is 4.34. The van der Waals surface area contributed by atoms with Crippen molar-refractivity contribution in [3.8, 4) is 0 Å². The van der Waals surface area contributed by atoms with Gasteiger partial charge in [0.2, 0.25) is 0 Å². The number of rotatable bonds is 2. The molecule has 0 aliphatic rings. The second-order valence-corrected chi connectivity index (χ2v) is 2.63. The topological polar surface area (TPSA) is 34.1 Å². The molecule has 0 fully saturated rings. The fourth-order valence-electron chi connectivity index (χ4n) is 0.660. The number of hydrogen-bond acceptors (Lipinski definition) is 3. The van der Waals surface area contributed by atoms with Crippen LogP contribution in [0.25, 0.3) is 0 Å². The van der Waals surface area contributed by atoms with Crippen molar-refractivity contribution >= 4 is 17.2 Å². The maximum absolute atomic E-state index is 11.6. The summed E-state index contributed by atoms with van der Waals surface area (Å²) in [4.78, 5) is 6.84. The first-order valence-electron chi connectivity index (χ1n) is 3.44. The molecule has 0 saturated heterocycles. The highest BCUT2D eigenvalue weighted by atomic mass is 32.1. The molecule has 1 N–H and O–H groups in total. The Labute approximate surface area is 82.9 Å². The fourth-order valence-corrected chi connectivity index (χ4v) is 0.823. The average molecular weight is 222 g/mol. The van der Waals surface area contributed by atoms with Gasteiger partial charge in [0.25, 0.3) is 0 Å². The van der Waals surface area contributed by atoms with Crippen molar-refractivity contribution in [2.45, 2.75) is 6.36 Å². The summed E-state index contributed by atoms with van der Waals surface area (Å²) >= 11 is 4.61. The molecule has 76 valence electrons. The number of pyridine rings is 1. The molecule has 0 spiro atoms. The fraction of sp³-hybridized carbons (Fsp3) is 0.143. The van der Waals surface area contributed by atoms with Crippen LogP contribution in [0.5, 0.6) is 0 Å². The summed E-state index contributed by atoms with van der Waals surface area (Å²) in [5, 5.41) is 0. The predicted molar refractivity (Wildman–Crippen MR) is 46.2 cm³/mol. The summed E-state index contributed by atoms with van der Waals surface area (Å²) < 4.78 is 34.7. The van der Waals surface area contributed by atoms with Crippen molar-refractivity contribution < 1.29 is 18.0 Å². The summed E-state index contributed by atoms with van der Waals surface area (Å²) in [6.45, 7) is 0. The van der Waals surface area contributed by atoms with Crippen LogP contribution in [0.15, 0.2) is 24.5 Å². The van der Waals surface area contributed by atoms with Gasteiger partial charge < -0.3 is 0 Å². The first-order valence-corrected chi connectivity index (χ1v) is 3.85. The number of halogens is 3. The highest BCUT2D eigenvalue weighted by Gasteiger charge is 2.30. The average Bonchev–Trinajstić information content (AvgIpc) is 2.14. The monoisotopic (exact) mass is 222 g/mol. The van der Waals surface area contributed by atoms with E-state index in [4.69, 9.17) is 0 Å². The molecule has 0 amide bonds. The van der Waals surface area contributed by atoms with Crippen LogP contribution in [0.1, 0.15) is 5.56 Å². The van der Waals surface area contributed by atoms with Crippen LogP contribution in [-0.4, -0.2) is 16.3 Å². The lowest BCUT2D eigenvalue weighted by atomic mass is 10.3. The number of hydroxylamine groups is 1. The number of thiocarbonyl (C=S) groups is 1. The Hall–Kier alpha value is -1.21. The molecule has 14 heavy (non-hydrogen) atoms. The summed E-state index contributed by atoms with van der Waals surface area (Å²) in [6, 6.07) is 3.07. The molecule has 7 heteroatoms. The quantitative estimate of drug-likeness (QED) is 0.611. The Morgan fingerprint density at radius 1 is 1.50 bits per heavy atom. The van der Waals surface area contributed by atoms with E-state index in [1.807, 2.05) is 0 Å². The summed E-state index contributed by atoms with van der Waals surface area (Å²) in [5.41, 5.74) is 1.96. The van der Waals surface area contributed by atoms with Gasteiger partial charge >= 0.3 is 6.36 Å².